The van der Waals surface area contributed by atoms with Crippen molar-refractivity contribution in [2.24, 2.45) is 0 Å². The Labute approximate surface area is 156 Å². The van der Waals surface area contributed by atoms with Gasteiger partial charge in [0.25, 0.3) is 0 Å². The summed E-state index contributed by atoms with van der Waals surface area (Å²) in [6.07, 6.45) is -1.10. The van der Waals surface area contributed by atoms with Gasteiger partial charge in [-0.25, -0.2) is 17.9 Å². The smallest absolute Gasteiger partial charge is 0.412 e. The van der Waals surface area contributed by atoms with E-state index in [4.69, 9.17) is 14.2 Å². The van der Waals surface area contributed by atoms with Crippen molar-refractivity contribution in [1.29, 1.82) is 0 Å². The number of nitrogens with one attached hydrogen (secondary N) is 2. The third kappa shape index (κ3) is 3.91. The Bertz CT molecular complexity index is 958. The number of hydrogen-bond donors (Lipinski definition) is 2. The van der Waals surface area contributed by atoms with Crippen molar-refractivity contribution in [3.8, 4) is 0 Å². The molecule has 2 aliphatic rings. The lowest BCUT2D eigenvalue weighted by molar-refractivity contribution is 0.00885. The van der Waals surface area contributed by atoms with E-state index < -0.39 is 40.5 Å². The molecule has 4 rings (SSSR count). The summed E-state index contributed by atoms with van der Waals surface area (Å²) in [5, 5.41) is 4.67. The standard InChI is InChI=1S/C18H20N2O6S/c1-27(22,23)20-14-9-24-17-15(10-25-16(14)17)26-18(21)19-13-8-4-6-11-5-2-3-7-12(11)13/h2-8,14-17,20H,9-10H2,1H3,(H,19,21). The maximum Gasteiger partial charge on any atom is 0.412 e. The van der Waals surface area contributed by atoms with Crippen molar-refractivity contribution in [2.45, 2.75) is 24.4 Å². The van der Waals surface area contributed by atoms with Crippen LogP contribution >= 0.6 is 0 Å². The summed E-state index contributed by atoms with van der Waals surface area (Å²) in [5.41, 5.74) is 0.650. The maximum absolute atomic E-state index is 12.4. The number of hydrogen-bond acceptors (Lipinski definition) is 6. The van der Waals surface area contributed by atoms with Crippen molar-refractivity contribution in [3.05, 3.63) is 42.5 Å². The molecule has 2 saturated heterocycles. The van der Waals surface area contributed by atoms with E-state index in [1.807, 2.05) is 36.4 Å². The van der Waals surface area contributed by atoms with Crippen LogP contribution in [-0.2, 0) is 24.2 Å². The second kappa shape index (κ2) is 7.08. The van der Waals surface area contributed by atoms with Crippen LogP contribution in [0.15, 0.2) is 42.5 Å². The third-order valence-corrected chi connectivity index (χ3v) is 5.39. The average Bonchev–Trinajstić information content (AvgIpc) is 3.18. The number of benzene rings is 2. The van der Waals surface area contributed by atoms with Crippen LogP contribution in [0.1, 0.15) is 0 Å². The second-order valence-corrected chi connectivity index (χ2v) is 8.47. The van der Waals surface area contributed by atoms with Gasteiger partial charge in [-0.15, -0.1) is 0 Å². The maximum atomic E-state index is 12.4. The third-order valence-electron chi connectivity index (χ3n) is 4.66. The van der Waals surface area contributed by atoms with Gasteiger partial charge in [0.1, 0.15) is 12.2 Å². The number of amides is 1. The molecule has 8 nitrogen and oxygen atoms in total. The molecule has 2 aromatic rings. The molecule has 2 heterocycles. The lowest BCUT2D eigenvalue weighted by Gasteiger charge is -2.18. The van der Waals surface area contributed by atoms with E-state index >= 15 is 0 Å². The van der Waals surface area contributed by atoms with Crippen molar-refractivity contribution < 1.29 is 27.4 Å². The van der Waals surface area contributed by atoms with Gasteiger partial charge < -0.3 is 14.2 Å². The highest BCUT2D eigenvalue weighted by Crippen LogP contribution is 2.30. The molecule has 0 aliphatic carbocycles. The van der Waals surface area contributed by atoms with Crippen LogP contribution in [0.2, 0.25) is 0 Å². The summed E-state index contributed by atoms with van der Waals surface area (Å²) in [6, 6.07) is 12.8. The number of carbonyl (C=O) groups is 1. The van der Waals surface area contributed by atoms with Crippen molar-refractivity contribution in [2.75, 3.05) is 24.8 Å². The van der Waals surface area contributed by atoms with E-state index in [9.17, 15) is 13.2 Å². The highest BCUT2D eigenvalue weighted by Gasteiger charge is 2.50. The van der Waals surface area contributed by atoms with E-state index in [-0.39, 0.29) is 13.2 Å². The molecule has 2 aromatic carbocycles. The molecule has 1 amide bonds. The minimum Gasteiger partial charge on any atom is -0.441 e. The first-order valence-electron chi connectivity index (χ1n) is 8.56. The first-order chi connectivity index (χ1) is 12.9. The van der Waals surface area contributed by atoms with Gasteiger partial charge in [-0.1, -0.05) is 36.4 Å². The van der Waals surface area contributed by atoms with Crippen LogP contribution in [0.4, 0.5) is 10.5 Å². The highest BCUT2D eigenvalue weighted by atomic mass is 32.2. The Morgan fingerprint density at radius 3 is 2.63 bits per heavy atom. The summed E-state index contributed by atoms with van der Waals surface area (Å²) in [7, 11) is -3.38. The predicted octanol–water partition coefficient (Wildman–Crippen LogP) is 1.47. The zero-order chi connectivity index (χ0) is 19.0. The van der Waals surface area contributed by atoms with Crippen LogP contribution in [0.25, 0.3) is 10.8 Å². The molecule has 27 heavy (non-hydrogen) atoms. The Morgan fingerprint density at radius 2 is 1.81 bits per heavy atom. The first-order valence-corrected chi connectivity index (χ1v) is 10.5. The van der Waals surface area contributed by atoms with Gasteiger partial charge in [-0.2, -0.15) is 0 Å². The second-order valence-electron chi connectivity index (χ2n) is 6.69. The lowest BCUT2D eigenvalue weighted by atomic mass is 10.1. The number of ether oxygens (including phenoxy) is 3. The zero-order valence-corrected chi connectivity index (χ0v) is 15.4. The van der Waals surface area contributed by atoms with Gasteiger partial charge >= 0.3 is 6.09 Å². The Morgan fingerprint density at radius 1 is 1.07 bits per heavy atom. The van der Waals surface area contributed by atoms with E-state index in [1.165, 1.54) is 0 Å². The van der Waals surface area contributed by atoms with Gasteiger partial charge in [0, 0.05) is 5.39 Å². The normalized spacial score (nSPS) is 27.4. The largest absolute Gasteiger partial charge is 0.441 e. The number of fused-ring (bicyclic) bond motifs is 2. The Hall–Kier alpha value is -2.20. The van der Waals surface area contributed by atoms with Crippen molar-refractivity contribution in [3.63, 3.8) is 0 Å². The van der Waals surface area contributed by atoms with Gasteiger partial charge in [0.2, 0.25) is 10.0 Å². The van der Waals surface area contributed by atoms with E-state index in [2.05, 4.69) is 10.0 Å². The predicted molar refractivity (Wildman–Crippen MR) is 99.1 cm³/mol. The summed E-state index contributed by atoms with van der Waals surface area (Å²) in [6.45, 7) is 0.327. The molecular weight excluding hydrogens is 372 g/mol. The number of rotatable bonds is 4. The topological polar surface area (TPSA) is 103 Å². The van der Waals surface area contributed by atoms with Crippen LogP contribution < -0.4 is 10.0 Å². The fraction of sp³-hybridized carbons (Fsp3) is 0.389. The average molecular weight is 392 g/mol. The summed E-state index contributed by atoms with van der Waals surface area (Å²) >= 11 is 0. The SMILES string of the molecule is CS(=O)(=O)NC1COC2C(OC(=O)Nc3cccc4ccccc34)COC12. The fourth-order valence-corrected chi connectivity index (χ4v) is 4.30. The molecule has 4 unspecified atom stereocenters. The molecule has 9 heteroatoms. The molecule has 0 saturated carbocycles. The van der Waals surface area contributed by atoms with Crippen LogP contribution in [-0.4, -0.2) is 58.3 Å². The zero-order valence-electron chi connectivity index (χ0n) is 14.6. The minimum atomic E-state index is -3.38. The number of carbonyl (C=O) groups excluding carboxylic acids is 1. The Balaban J connectivity index is 1.41. The molecule has 2 aliphatic heterocycles. The molecular formula is C18H20N2O6S. The van der Waals surface area contributed by atoms with Gasteiger partial charge in [0.05, 0.1) is 31.2 Å². The Kier molecular flexibility index (Phi) is 4.77. The summed E-state index contributed by atoms with van der Waals surface area (Å²) in [5.74, 6) is 0. The summed E-state index contributed by atoms with van der Waals surface area (Å²) in [4.78, 5) is 12.4. The van der Waals surface area contributed by atoms with Crippen LogP contribution in [0, 0.1) is 0 Å². The van der Waals surface area contributed by atoms with E-state index in [0.717, 1.165) is 17.0 Å². The quantitative estimate of drug-likeness (QED) is 0.817. The van der Waals surface area contributed by atoms with Crippen molar-refractivity contribution >= 4 is 32.6 Å². The number of sulfonamides is 1. The molecule has 0 radical (unpaired) electrons. The van der Waals surface area contributed by atoms with Crippen molar-refractivity contribution in [1.82, 2.24) is 4.72 Å². The monoisotopic (exact) mass is 392 g/mol. The van der Waals surface area contributed by atoms with Crippen LogP contribution in [0.3, 0.4) is 0 Å². The fourth-order valence-electron chi connectivity index (χ4n) is 3.55. The van der Waals surface area contributed by atoms with Gasteiger partial charge in [-0.3, -0.25) is 5.32 Å². The van der Waals surface area contributed by atoms with E-state index in [1.54, 1.807) is 6.07 Å². The summed E-state index contributed by atoms with van der Waals surface area (Å²) < 4.78 is 42.0. The number of anilines is 1. The molecule has 144 valence electrons. The van der Waals surface area contributed by atoms with Crippen LogP contribution in [0.5, 0.6) is 0 Å². The first kappa shape index (κ1) is 18.2. The molecule has 2 fully saturated rings. The molecule has 0 bridgehead atoms. The van der Waals surface area contributed by atoms with Gasteiger partial charge in [0.15, 0.2) is 6.10 Å². The van der Waals surface area contributed by atoms with Gasteiger partial charge in [-0.05, 0) is 11.5 Å². The molecule has 0 spiro atoms. The molecule has 0 aromatic heterocycles. The lowest BCUT2D eigenvalue weighted by Crippen LogP contribution is -2.44. The minimum absolute atomic E-state index is 0.153. The highest BCUT2D eigenvalue weighted by molar-refractivity contribution is 7.88. The molecule has 2 N–H and O–H groups in total. The van der Waals surface area contributed by atoms with E-state index in [0.29, 0.717) is 5.69 Å². The molecule has 4 atom stereocenters.